The van der Waals surface area contributed by atoms with Gasteiger partial charge in [-0.2, -0.15) is 0 Å². The van der Waals surface area contributed by atoms with Crippen molar-refractivity contribution >= 4 is 35.1 Å². The summed E-state index contributed by atoms with van der Waals surface area (Å²) in [7, 11) is 0. The van der Waals surface area contributed by atoms with Crippen LogP contribution >= 0.6 is 23.2 Å². The fourth-order valence-corrected chi connectivity index (χ4v) is 3.79. The maximum atomic E-state index is 12.2. The molecule has 0 saturated carbocycles. The topological polar surface area (TPSA) is 69.6 Å². The lowest BCUT2D eigenvalue weighted by Crippen LogP contribution is -2.26. The Labute approximate surface area is 197 Å². The molecule has 5 nitrogen and oxygen atoms in total. The molecular formula is C25H24Cl2N2O3. The summed E-state index contributed by atoms with van der Waals surface area (Å²) in [5.74, 6) is -1.23. The lowest BCUT2D eigenvalue weighted by Gasteiger charge is -2.23. The van der Waals surface area contributed by atoms with Crippen LogP contribution in [-0.4, -0.2) is 28.4 Å². The Morgan fingerprint density at radius 1 is 0.781 bits per heavy atom. The largest absolute Gasteiger partial charge is 0.481 e. The lowest BCUT2D eigenvalue weighted by molar-refractivity contribution is -0.136. The number of carbonyl (C=O) groups is 2. The molecular weight excluding hydrogens is 447 g/mol. The van der Waals surface area contributed by atoms with Gasteiger partial charge in [-0.3, -0.25) is 14.5 Å². The number of aliphatic carboxylic acids is 1. The molecule has 1 amide bonds. The van der Waals surface area contributed by atoms with E-state index >= 15 is 0 Å². The Hall–Kier alpha value is -2.86. The van der Waals surface area contributed by atoms with Crippen molar-refractivity contribution in [3.63, 3.8) is 0 Å². The molecule has 7 heteroatoms. The highest BCUT2D eigenvalue weighted by Gasteiger charge is 2.11. The van der Waals surface area contributed by atoms with Gasteiger partial charge in [0.25, 0.3) is 5.91 Å². The quantitative estimate of drug-likeness (QED) is 0.416. The standard InChI is InChI=1S/C25H24Cl2N2O3/c26-22-5-1-3-19(13-22)16-29(17-20-4-2-6-23(27)14-20)15-18-7-9-21(10-8-18)25(32)28-12-11-24(30)31/h1-10,13-14H,11-12,15-17H2,(H,28,32)(H,30,31). The molecule has 3 aromatic carbocycles. The molecule has 0 aliphatic heterocycles. The minimum Gasteiger partial charge on any atom is -0.481 e. The van der Waals surface area contributed by atoms with E-state index in [1.54, 1.807) is 12.1 Å². The first-order chi connectivity index (χ1) is 15.4. The number of nitrogens with zero attached hydrogens (tertiary/aromatic N) is 1. The van der Waals surface area contributed by atoms with E-state index < -0.39 is 5.97 Å². The van der Waals surface area contributed by atoms with Crippen molar-refractivity contribution in [3.05, 3.63) is 105 Å². The molecule has 0 aliphatic rings. The van der Waals surface area contributed by atoms with Gasteiger partial charge in [0.15, 0.2) is 0 Å². The maximum absolute atomic E-state index is 12.2. The van der Waals surface area contributed by atoms with Crippen LogP contribution in [-0.2, 0) is 24.4 Å². The summed E-state index contributed by atoms with van der Waals surface area (Å²) in [4.78, 5) is 25.0. The predicted molar refractivity (Wildman–Crippen MR) is 127 cm³/mol. The van der Waals surface area contributed by atoms with Gasteiger partial charge in [0.05, 0.1) is 6.42 Å². The number of carboxylic acid groups (broad SMARTS) is 1. The second-order valence-electron chi connectivity index (χ2n) is 7.50. The number of nitrogens with one attached hydrogen (secondary N) is 1. The van der Waals surface area contributed by atoms with E-state index in [2.05, 4.69) is 10.2 Å². The monoisotopic (exact) mass is 470 g/mol. The van der Waals surface area contributed by atoms with Crippen LogP contribution in [0.2, 0.25) is 10.0 Å². The second kappa shape index (κ2) is 11.7. The van der Waals surface area contributed by atoms with Crippen LogP contribution < -0.4 is 5.32 Å². The maximum Gasteiger partial charge on any atom is 0.305 e. The third-order valence-corrected chi connectivity index (χ3v) is 5.31. The first kappa shape index (κ1) is 23.8. The Morgan fingerprint density at radius 3 is 1.81 bits per heavy atom. The first-order valence-corrected chi connectivity index (χ1v) is 10.9. The number of hydrogen-bond acceptors (Lipinski definition) is 3. The van der Waals surface area contributed by atoms with Gasteiger partial charge in [0.2, 0.25) is 0 Å². The molecule has 3 rings (SSSR count). The van der Waals surface area contributed by atoms with Gasteiger partial charge in [-0.25, -0.2) is 0 Å². The van der Waals surface area contributed by atoms with Crippen molar-refractivity contribution < 1.29 is 14.7 Å². The Kier molecular flexibility index (Phi) is 8.68. The molecule has 0 heterocycles. The van der Waals surface area contributed by atoms with Crippen LogP contribution in [0.4, 0.5) is 0 Å². The molecule has 0 saturated heterocycles. The van der Waals surface area contributed by atoms with Gasteiger partial charge in [-0.15, -0.1) is 0 Å². The zero-order valence-electron chi connectivity index (χ0n) is 17.4. The van der Waals surface area contributed by atoms with Gasteiger partial charge < -0.3 is 10.4 Å². The van der Waals surface area contributed by atoms with Crippen LogP contribution in [0.5, 0.6) is 0 Å². The van der Waals surface area contributed by atoms with E-state index in [0.29, 0.717) is 35.2 Å². The Bertz CT molecular complexity index is 1020. The number of amides is 1. The molecule has 0 aromatic heterocycles. The summed E-state index contributed by atoms with van der Waals surface area (Å²) in [6.07, 6.45) is -0.105. The fourth-order valence-electron chi connectivity index (χ4n) is 3.36. The number of carbonyl (C=O) groups excluding carboxylic acids is 1. The normalized spacial score (nSPS) is 10.8. The van der Waals surface area contributed by atoms with Crippen molar-refractivity contribution in [3.8, 4) is 0 Å². The second-order valence-corrected chi connectivity index (χ2v) is 8.37. The molecule has 0 atom stereocenters. The third-order valence-electron chi connectivity index (χ3n) is 4.84. The van der Waals surface area contributed by atoms with E-state index in [1.807, 2.05) is 60.7 Å². The van der Waals surface area contributed by atoms with E-state index in [4.69, 9.17) is 28.3 Å². The molecule has 0 unspecified atom stereocenters. The first-order valence-electron chi connectivity index (χ1n) is 10.2. The van der Waals surface area contributed by atoms with Gasteiger partial charge in [0.1, 0.15) is 0 Å². The van der Waals surface area contributed by atoms with Crippen LogP contribution in [0.1, 0.15) is 33.5 Å². The van der Waals surface area contributed by atoms with E-state index in [0.717, 1.165) is 16.7 Å². The van der Waals surface area contributed by atoms with E-state index in [-0.39, 0.29) is 18.9 Å². The summed E-state index contributed by atoms with van der Waals surface area (Å²) in [6, 6.07) is 22.9. The van der Waals surface area contributed by atoms with Crippen LogP contribution in [0.15, 0.2) is 72.8 Å². The van der Waals surface area contributed by atoms with E-state index in [1.165, 1.54) is 0 Å². The fraction of sp³-hybridized carbons (Fsp3) is 0.200. The summed E-state index contributed by atoms with van der Waals surface area (Å²) in [6.45, 7) is 2.16. The molecule has 2 N–H and O–H groups in total. The highest BCUT2D eigenvalue weighted by atomic mass is 35.5. The molecule has 3 aromatic rings. The zero-order valence-corrected chi connectivity index (χ0v) is 18.9. The molecule has 0 bridgehead atoms. The van der Waals surface area contributed by atoms with E-state index in [9.17, 15) is 9.59 Å². The van der Waals surface area contributed by atoms with Crippen molar-refractivity contribution in [2.75, 3.05) is 6.54 Å². The minimum absolute atomic E-state index is 0.100. The number of benzene rings is 3. The van der Waals surface area contributed by atoms with Crippen molar-refractivity contribution in [2.24, 2.45) is 0 Å². The zero-order chi connectivity index (χ0) is 22.9. The van der Waals surface area contributed by atoms with Gasteiger partial charge in [-0.1, -0.05) is 59.6 Å². The highest BCUT2D eigenvalue weighted by molar-refractivity contribution is 6.30. The van der Waals surface area contributed by atoms with Crippen LogP contribution in [0, 0.1) is 0 Å². The van der Waals surface area contributed by atoms with Gasteiger partial charge in [0, 0.05) is 41.8 Å². The number of rotatable bonds is 10. The number of halogens is 2. The molecule has 0 aliphatic carbocycles. The number of carboxylic acids is 1. The SMILES string of the molecule is O=C(O)CCNC(=O)c1ccc(CN(Cc2cccc(Cl)c2)Cc2cccc(Cl)c2)cc1. The summed E-state index contributed by atoms with van der Waals surface area (Å²) in [5, 5.41) is 12.7. The van der Waals surface area contributed by atoms with Crippen molar-refractivity contribution in [1.29, 1.82) is 0 Å². The minimum atomic E-state index is -0.944. The average molecular weight is 471 g/mol. The van der Waals surface area contributed by atoms with Gasteiger partial charge >= 0.3 is 5.97 Å². The molecule has 0 radical (unpaired) electrons. The smallest absolute Gasteiger partial charge is 0.305 e. The molecule has 32 heavy (non-hydrogen) atoms. The Morgan fingerprint density at radius 2 is 1.31 bits per heavy atom. The summed E-state index contributed by atoms with van der Waals surface area (Å²) >= 11 is 12.3. The Balaban J connectivity index is 1.70. The van der Waals surface area contributed by atoms with Crippen LogP contribution in [0.3, 0.4) is 0 Å². The number of hydrogen-bond donors (Lipinski definition) is 2. The third kappa shape index (κ3) is 7.68. The predicted octanol–water partition coefficient (Wildman–Crippen LogP) is 5.40. The van der Waals surface area contributed by atoms with Crippen molar-refractivity contribution in [2.45, 2.75) is 26.1 Å². The average Bonchev–Trinajstić information content (AvgIpc) is 2.74. The van der Waals surface area contributed by atoms with Gasteiger partial charge in [-0.05, 0) is 53.1 Å². The molecule has 0 fully saturated rings. The van der Waals surface area contributed by atoms with Crippen LogP contribution in [0.25, 0.3) is 0 Å². The van der Waals surface area contributed by atoms with Crippen molar-refractivity contribution in [1.82, 2.24) is 10.2 Å². The summed E-state index contributed by atoms with van der Waals surface area (Å²) < 4.78 is 0. The molecule has 0 spiro atoms. The summed E-state index contributed by atoms with van der Waals surface area (Å²) in [5.41, 5.74) is 3.76. The highest BCUT2D eigenvalue weighted by Crippen LogP contribution is 2.19. The lowest BCUT2D eigenvalue weighted by atomic mass is 10.1. The molecule has 166 valence electrons.